The van der Waals surface area contributed by atoms with Gasteiger partial charge in [-0.05, 0) is 37.5 Å². The van der Waals surface area contributed by atoms with Crippen molar-refractivity contribution in [2.45, 2.75) is 71.4 Å². The van der Waals surface area contributed by atoms with Crippen molar-refractivity contribution in [1.82, 2.24) is 4.90 Å². The van der Waals surface area contributed by atoms with Gasteiger partial charge in [0.1, 0.15) is 0 Å². The van der Waals surface area contributed by atoms with Crippen LogP contribution in [0.3, 0.4) is 0 Å². The summed E-state index contributed by atoms with van der Waals surface area (Å²) in [6, 6.07) is 0.324. The zero-order valence-electron chi connectivity index (χ0n) is 12.7. The molecule has 0 aromatic carbocycles. The SMILES string of the molecule is CC(C)(C)CC(N)CC(=O)N(CCCO)C1CCC1. The number of amides is 1. The van der Waals surface area contributed by atoms with E-state index in [1.807, 2.05) is 4.90 Å². The van der Waals surface area contributed by atoms with Crippen LogP contribution >= 0.6 is 0 Å². The fourth-order valence-corrected chi connectivity index (χ4v) is 2.65. The first-order chi connectivity index (χ1) is 8.83. The maximum absolute atomic E-state index is 12.3. The van der Waals surface area contributed by atoms with Gasteiger partial charge in [0.25, 0.3) is 0 Å². The van der Waals surface area contributed by atoms with Crippen molar-refractivity contribution < 1.29 is 9.90 Å². The molecule has 1 atom stereocenters. The van der Waals surface area contributed by atoms with Crippen LogP contribution in [0.1, 0.15) is 59.3 Å². The van der Waals surface area contributed by atoms with E-state index in [9.17, 15) is 4.79 Å². The van der Waals surface area contributed by atoms with Gasteiger partial charge in [-0.25, -0.2) is 0 Å². The van der Waals surface area contributed by atoms with Crippen LogP contribution in [0.4, 0.5) is 0 Å². The highest BCUT2D eigenvalue weighted by Crippen LogP contribution is 2.27. The van der Waals surface area contributed by atoms with Crippen molar-refractivity contribution in [2.75, 3.05) is 13.2 Å². The number of carbonyl (C=O) groups excluding carboxylic acids is 1. The second-order valence-corrected chi connectivity index (χ2v) is 6.98. The smallest absolute Gasteiger partial charge is 0.224 e. The first-order valence-electron chi connectivity index (χ1n) is 7.49. The molecule has 0 heterocycles. The Morgan fingerprint density at radius 1 is 1.42 bits per heavy atom. The van der Waals surface area contributed by atoms with Crippen molar-refractivity contribution in [2.24, 2.45) is 11.1 Å². The van der Waals surface area contributed by atoms with Gasteiger partial charge in [0.05, 0.1) is 0 Å². The molecular formula is C15H30N2O2. The number of carbonyl (C=O) groups is 1. The molecule has 1 rings (SSSR count). The molecule has 3 N–H and O–H groups in total. The monoisotopic (exact) mass is 270 g/mol. The molecule has 19 heavy (non-hydrogen) atoms. The first kappa shape index (κ1) is 16.4. The molecule has 112 valence electrons. The molecule has 1 aliphatic rings. The maximum atomic E-state index is 12.3. The van der Waals surface area contributed by atoms with Gasteiger partial charge in [-0.15, -0.1) is 0 Å². The number of nitrogens with two attached hydrogens (primary N) is 1. The fourth-order valence-electron chi connectivity index (χ4n) is 2.65. The summed E-state index contributed by atoms with van der Waals surface area (Å²) >= 11 is 0. The topological polar surface area (TPSA) is 66.6 Å². The van der Waals surface area contributed by atoms with Crippen LogP contribution in [-0.2, 0) is 4.79 Å². The van der Waals surface area contributed by atoms with Gasteiger partial charge in [0.15, 0.2) is 0 Å². The number of rotatable bonds is 7. The lowest BCUT2D eigenvalue weighted by atomic mass is 9.86. The van der Waals surface area contributed by atoms with Gasteiger partial charge in [-0.2, -0.15) is 0 Å². The van der Waals surface area contributed by atoms with E-state index in [-0.39, 0.29) is 24.0 Å². The maximum Gasteiger partial charge on any atom is 0.224 e. The number of aliphatic hydroxyl groups is 1. The molecule has 0 aromatic heterocycles. The Hall–Kier alpha value is -0.610. The van der Waals surface area contributed by atoms with Crippen LogP contribution in [-0.4, -0.2) is 41.1 Å². The van der Waals surface area contributed by atoms with Crippen LogP contribution in [0.5, 0.6) is 0 Å². The molecule has 4 nitrogen and oxygen atoms in total. The lowest BCUT2D eigenvalue weighted by molar-refractivity contribution is -0.135. The molecule has 1 saturated carbocycles. The molecule has 1 unspecified atom stereocenters. The molecular weight excluding hydrogens is 240 g/mol. The van der Waals surface area contributed by atoms with Gasteiger partial charge in [0, 0.05) is 31.7 Å². The van der Waals surface area contributed by atoms with E-state index >= 15 is 0 Å². The van der Waals surface area contributed by atoms with Gasteiger partial charge in [0.2, 0.25) is 5.91 Å². The summed E-state index contributed by atoms with van der Waals surface area (Å²) in [5.41, 5.74) is 6.25. The summed E-state index contributed by atoms with van der Waals surface area (Å²) in [5.74, 6) is 0.162. The van der Waals surface area contributed by atoms with E-state index in [0.29, 0.717) is 25.4 Å². The second-order valence-electron chi connectivity index (χ2n) is 6.98. The number of nitrogens with zero attached hydrogens (tertiary/aromatic N) is 1. The molecule has 1 fully saturated rings. The van der Waals surface area contributed by atoms with Crippen LogP contribution < -0.4 is 5.73 Å². The quantitative estimate of drug-likeness (QED) is 0.742. The Balaban J connectivity index is 2.46. The molecule has 0 aromatic rings. The highest BCUT2D eigenvalue weighted by Gasteiger charge is 2.29. The van der Waals surface area contributed by atoms with E-state index in [2.05, 4.69) is 20.8 Å². The van der Waals surface area contributed by atoms with E-state index in [1.165, 1.54) is 6.42 Å². The summed E-state index contributed by atoms with van der Waals surface area (Å²) in [7, 11) is 0. The largest absolute Gasteiger partial charge is 0.396 e. The second kappa shape index (κ2) is 7.25. The van der Waals surface area contributed by atoms with Gasteiger partial charge in [-0.1, -0.05) is 20.8 Å². The van der Waals surface area contributed by atoms with Crippen LogP contribution in [0.25, 0.3) is 0 Å². The Morgan fingerprint density at radius 3 is 2.47 bits per heavy atom. The predicted octanol–water partition coefficient (Wildman–Crippen LogP) is 1.90. The Morgan fingerprint density at radius 2 is 2.05 bits per heavy atom. The van der Waals surface area contributed by atoms with Crippen molar-refractivity contribution >= 4 is 5.91 Å². The number of hydrogen-bond donors (Lipinski definition) is 2. The van der Waals surface area contributed by atoms with Crippen molar-refractivity contribution in [3.8, 4) is 0 Å². The number of hydrogen-bond acceptors (Lipinski definition) is 3. The summed E-state index contributed by atoms with van der Waals surface area (Å²) in [4.78, 5) is 14.3. The summed E-state index contributed by atoms with van der Waals surface area (Å²) in [6.07, 6.45) is 5.37. The van der Waals surface area contributed by atoms with E-state index in [1.54, 1.807) is 0 Å². The Bertz CT molecular complexity index is 282. The zero-order chi connectivity index (χ0) is 14.5. The van der Waals surface area contributed by atoms with Crippen LogP contribution in [0.15, 0.2) is 0 Å². The summed E-state index contributed by atoms with van der Waals surface area (Å²) in [6.45, 7) is 7.25. The third-order valence-electron chi connectivity index (χ3n) is 3.70. The Kier molecular flexibility index (Phi) is 6.27. The van der Waals surface area contributed by atoms with E-state index in [4.69, 9.17) is 10.8 Å². The van der Waals surface area contributed by atoms with Crippen molar-refractivity contribution in [1.29, 1.82) is 0 Å². The third-order valence-corrected chi connectivity index (χ3v) is 3.70. The minimum atomic E-state index is -0.0656. The van der Waals surface area contributed by atoms with Crippen LogP contribution in [0.2, 0.25) is 0 Å². The predicted molar refractivity (Wildman–Crippen MR) is 77.7 cm³/mol. The minimum Gasteiger partial charge on any atom is -0.396 e. The molecule has 0 aliphatic heterocycles. The third kappa shape index (κ3) is 5.91. The standard InChI is InChI=1S/C15H30N2O2/c1-15(2,3)11-12(16)10-14(19)17(8-5-9-18)13-6-4-7-13/h12-13,18H,4-11,16H2,1-3H3. The number of aliphatic hydroxyl groups excluding tert-OH is 1. The average Bonchev–Trinajstić information content (AvgIpc) is 2.17. The van der Waals surface area contributed by atoms with Gasteiger partial charge >= 0.3 is 0 Å². The Labute approximate surface area is 117 Å². The molecule has 1 aliphatic carbocycles. The molecule has 0 radical (unpaired) electrons. The van der Waals surface area contributed by atoms with Crippen molar-refractivity contribution in [3.63, 3.8) is 0 Å². The zero-order valence-corrected chi connectivity index (χ0v) is 12.7. The van der Waals surface area contributed by atoms with E-state index < -0.39 is 0 Å². The lowest BCUT2D eigenvalue weighted by Gasteiger charge is -2.38. The molecule has 0 spiro atoms. The molecule has 0 saturated heterocycles. The molecule has 0 bridgehead atoms. The normalized spacial score (nSPS) is 17.9. The lowest BCUT2D eigenvalue weighted by Crippen LogP contribution is -2.46. The fraction of sp³-hybridized carbons (Fsp3) is 0.933. The first-order valence-corrected chi connectivity index (χ1v) is 7.49. The summed E-state index contributed by atoms with van der Waals surface area (Å²) in [5, 5.41) is 8.94. The van der Waals surface area contributed by atoms with E-state index in [0.717, 1.165) is 19.3 Å². The average molecular weight is 270 g/mol. The van der Waals surface area contributed by atoms with Gasteiger partial charge in [-0.3, -0.25) is 4.79 Å². The highest BCUT2D eigenvalue weighted by molar-refractivity contribution is 5.77. The highest BCUT2D eigenvalue weighted by atomic mass is 16.3. The minimum absolute atomic E-state index is 0.0656. The van der Waals surface area contributed by atoms with Gasteiger partial charge < -0.3 is 15.7 Å². The van der Waals surface area contributed by atoms with Crippen LogP contribution in [0, 0.1) is 5.41 Å². The van der Waals surface area contributed by atoms with Crippen molar-refractivity contribution in [3.05, 3.63) is 0 Å². The molecule has 4 heteroatoms. The summed E-state index contributed by atoms with van der Waals surface area (Å²) < 4.78 is 0. The molecule has 1 amide bonds.